The van der Waals surface area contributed by atoms with Gasteiger partial charge in [-0.25, -0.2) is 4.98 Å². The normalized spacial score (nSPS) is 14.7. The highest BCUT2D eigenvalue weighted by Crippen LogP contribution is 2.31. The highest BCUT2D eigenvalue weighted by atomic mass is 79.9. The summed E-state index contributed by atoms with van der Waals surface area (Å²) in [4.78, 5) is 20.0. The number of thiophene rings is 1. The van der Waals surface area contributed by atoms with Crippen molar-refractivity contribution >= 4 is 44.6 Å². The maximum absolute atomic E-state index is 12.6. The van der Waals surface area contributed by atoms with E-state index in [0.717, 1.165) is 47.6 Å². The molecule has 0 saturated carbocycles. The predicted molar refractivity (Wildman–Crippen MR) is 129 cm³/mol. The number of aromatic hydroxyl groups is 1. The van der Waals surface area contributed by atoms with E-state index in [1.54, 1.807) is 22.8 Å². The summed E-state index contributed by atoms with van der Waals surface area (Å²) in [5.74, 6) is 1.60. The fourth-order valence-electron chi connectivity index (χ4n) is 4.04. The number of aromatic nitrogens is 3. The van der Waals surface area contributed by atoms with Crippen molar-refractivity contribution in [2.45, 2.75) is 12.8 Å². The fourth-order valence-corrected chi connectivity index (χ4v) is 5.07. The van der Waals surface area contributed by atoms with Gasteiger partial charge in [-0.15, -0.1) is 11.3 Å². The molecular formula is C23H22BrN5O2S. The van der Waals surface area contributed by atoms with Crippen LogP contribution >= 0.6 is 27.3 Å². The van der Waals surface area contributed by atoms with E-state index in [2.05, 4.69) is 31.3 Å². The summed E-state index contributed by atoms with van der Waals surface area (Å²) in [5.41, 5.74) is 2.03. The first-order chi connectivity index (χ1) is 15.6. The van der Waals surface area contributed by atoms with Gasteiger partial charge in [-0.05, 0) is 58.3 Å². The Kier molecular flexibility index (Phi) is 5.84. The number of carbonyl (C=O) groups is 1. The van der Waals surface area contributed by atoms with Gasteiger partial charge in [0.25, 0.3) is 5.91 Å². The van der Waals surface area contributed by atoms with Crippen LogP contribution in [0.3, 0.4) is 0 Å². The molecule has 3 aromatic heterocycles. The van der Waals surface area contributed by atoms with E-state index in [4.69, 9.17) is 0 Å². The Labute approximate surface area is 197 Å². The number of benzene rings is 1. The Morgan fingerprint density at radius 3 is 2.78 bits per heavy atom. The molecule has 0 aliphatic carbocycles. The Morgan fingerprint density at radius 2 is 2.03 bits per heavy atom. The van der Waals surface area contributed by atoms with E-state index >= 15 is 0 Å². The van der Waals surface area contributed by atoms with E-state index in [1.807, 2.05) is 40.6 Å². The molecule has 0 bridgehead atoms. The van der Waals surface area contributed by atoms with Gasteiger partial charge in [0.1, 0.15) is 11.6 Å². The van der Waals surface area contributed by atoms with Gasteiger partial charge in [-0.3, -0.25) is 4.79 Å². The topological polar surface area (TPSA) is 82.8 Å². The second-order valence-electron chi connectivity index (χ2n) is 7.87. The molecule has 1 aromatic carbocycles. The van der Waals surface area contributed by atoms with Crippen LogP contribution in [0.2, 0.25) is 0 Å². The molecule has 4 aromatic rings. The molecule has 5 rings (SSSR count). The maximum atomic E-state index is 12.6. The van der Waals surface area contributed by atoms with Gasteiger partial charge in [-0.2, -0.15) is 9.61 Å². The zero-order valence-electron chi connectivity index (χ0n) is 17.2. The van der Waals surface area contributed by atoms with Crippen molar-refractivity contribution in [2.24, 2.45) is 5.92 Å². The molecule has 1 aliphatic heterocycles. The van der Waals surface area contributed by atoms with Crippen LogP contribution in [0.25, 0.3) is 16.9 Å². The zero-order chi connectivity index (χ0) is 22.1. The fraction of sp³-hybridized carbons (Fsp3) is 0.261. The minimum atomic E-state index is 0.135. The van der Waals surface area contributed by atoms with E-state index in [1.165, 1.54) is 11.3 Å². The number of piperidine rings is 1. The van der Waals surface area contributed by atoms with Crippen LogP contribution in [0.15, 0.2) is 58.5 Å². The lowest BCUT2D eigenvalue weighted by molar-refractivity contribution is 0.0700. The zero-order valence-corrected chi connectivity index (χ0v) is 19.6. The highest BCUT2D eigenvalue weighted by molar-refractivity contribution is 9.10. The molecule has 164 valence electrons. The first-order valence-electron chi connectivity index (χ1n) is 10.5. The number of hydrogen-bond acceptors (Lipinski definition) is 6. The number of halogens is 1. The number of hydrogen-bond donors (Lipinski definition) is 2. The number of phenols is 1. The van der Waals surface area contributed by atoms with Gasteiger partial charge in [-0.1, -0.05) is 18.2 Å². The first-order valence-corrected chi connectivity index (χ1v) is 12.2. The second kappa shape index (κ2) is 8.91. The molecule has 0 atom stereocenters. The molecule has 9 heteroatoms. The maximum Gasteiger partial charge on any atom is 0.263 e. The number of likely N-dealkylation sites (tertiary alicyclic amines) is 1. The lowest BCUT2D eigenvalue weighted by Crippen LogP contribution is -2.39. The van der Waals surface area contributed by atoms with E-state index in [9.17, 15) is 9.90 Å². The molecule has 1 amide bonds. The number of nitrogens with one attached hydrogen (secondary N) is 1. The van der Waals surface area contributed by atoms with Gasteiger partial charge in [0.15, 0.2) is 5.65 Å². The minimum Gasteiger partial charge on any atom is -0.507 e. The monoisotopic (exact) mass is 511 g/mol. The van der Waals surface area contributed by atoms with Crippen molar-refractivity contribution in [3.63, 3.8) is 0 Å². The molecule has 0 spiro atoms. The van der Waals surface area contributed by atoms with Crippen LogP contribution in [0.1, 0.15) is 22.5 Å². The molecule has 4 heterocycles. The summed E-state index contributed by atoms with van der Waals surface area (Å²) in [5, 5.41) is 20.2. The summed E-state index contributed by atoms with van der Waals surface area (Å²) >= 11 is 5.01. The molecule has 32 heavy (non-hydrogen) atoms. The average Bonchev–Trinajstić information content (AvgIpc) is 3.48. The highest BCUT2D eigenvalue weighted by Gasteiger charge is 2.24. The van der Waals surface area contributed by atoms with Crippen LogP contribution in [0, 0.1) is 5.92 Å². The van der Waals surface area contributed by atoms with Crippen LogP contribution in [0.4, 0.5) is 5.82 Å². The van der Waals surface area contributed by atoms with Crippen molar-refractivity contribution in [1.82, 2.24) is 19.5 Å². The third-order valence-electron chi connectivity index (χ3n) is 5.81. The van der Waals surface area contributed by atoms with Crippen molar-refractivity contribution in [3.05, 3.63) is 63.4 Å². The van der Waals surface area contributed by atoms with Crippen LogP contribution in [0.5, 0.6) is 5.75 Å². The standard InChI is InChI=1S/C23H22BrN5O2S/c24-17-14-26-29-21(12-18(27-22(17)29)16-4-1-2-5-19(16)30)25-13-15-7-9-28(10-8-15)23(31)20-6-3-11-32-20/h1-6,11-12,14-15,25,30H,7-10,13H2. The molecule has 1 aliphatic rings. The number of carbonyl (C=O) groups excluding carboxylic acids is 1. The van der Waals surface area contributed by atoms with E-state index in [0.29, 0.717) is 22.8 Å². The smallest absolute Gasteiger partial charge is 0.263 e. The Hall–Kier alpha value is -2.91. The van der Waals surface area contributed by atoms with Crippen molar-refractivity contribution in [3.8, 4) is 17.0 Å². The molecule has 0 radical (unpaired) electrons. The number of amides is 1. The Morgan fingerprint density at radius 1 is 1.22 bits per heavy atom. The Balaban J connectivity index is 1.31. The summed E-state index contributed by atoms with van der Waals surface area (Å²) in [6.07, 6.45) is 3.62. The summed E-state index contributed by atoms with van der Waals surface area (Å²) < 4.78 is 2.56. The molecule has 1 saturated heterocycles. The molecule has 1 fully saturated rings. The second-order valence-corrected chi connectivity index (χ2v) is 9.67. The van der Waals surface area contributed by atoms with Gasteiger partial charge in [0.2, 0.25) is 0 Å². The summed E-state index contributed by atoms with van der Waals surface area (Å²) in [6, 6.07) is 12.9. The number of nitrogens with zero attached hydrogens (tertiary/aromatic N) is 4. The van der Waals surface area contributed by atoms with Gasteiger partial charge in [0, 0.05) is 31.3 Å². The lowest BCUT2D eigenvalue weighted by atomic mass is 9.96. The summed E-state index contributed by atoms with van der Waals surface area (Å²) in [6.45, 7) is 2.31. The van der Waals surface area contributed by atoms with Crippen molar-refractivity contribution < 1.29 is 9.90 Å². The number of phenolic OH excluding ortho intramolecular Hbond substituents is 1. The quantitative estimate of drug-likeness (QED) is 0.398. The van der Waals surface area contributed by atoms with Crippen molar-refractivity contribution in [2.75, 3.05) is 25.0 Å². The predicted octanol–water partition coefficient (Wildman–Crippen LogP) is 4.89. The molecule has 7 nitrogen and oxygen atoms in total. The van der Waals surface area contributed by atoms with E-state index in [-0.39, 0.29) is 11.7 Å². The van der Waals surface area contributed by atoms with Gasteiger partial charge < -0.3 is 15.3 Å². The average molecular weight is 512 g/mol. The number of rotatable bonds is 5. The van der Waals surface area contributed by atoms with Crippen LogP contribution in [-0.2, 0) is 0 Å². The van der Waals surface area contributed by atoms with Gasteiger partial charge in [0.05, 0.1) is 21.2 Å². The number of anilines is 1. The van der Waals surface area contributed by atoms with Crippen LogP contribution < -0.4 is 5.32 Å². The summed E-state index contributed by atoms with van der Waals surface area (Å²) in [7, 11) is 0. The van der Waals surface area contributed by atoms with Gasteiger partial charge >= 0.3 is 0 Å². The minimum absolute atomic E-state index is 0.135. The third-order valence-corrected chi connectivity index (χ3v) is 7.23. The van der Waals surface area contributed by atoms with Crippen molar-refractivity contribution in [1.29, 1.82) is 0 Å². The molecule has 2 N–H and O–H groups in total. The largest absolute Gasteiger partial charge is 0.507 e. The number of fused-ring (bicyclic) bond motifs is 1. The number of para-hydroxylation sites is 1. The first kappa shape index (κ1) is 21.0. The lowest BCUT2D eigenvalue weighted by Gasteiger charge is -2.32. The SMILES string of the molecule is O=C(c1cccs1)N1CCC(CNc2cc(-c3ccccc3O)nc3c(Br)cnn23)CC1. The molecule has 0 unspecified atom stereocenters. The third kappa shape index (κ3) is 4.10. The van der Waals surface area contributed by atoms with E-state index < -0.39 is 0 Å². The molecular weight excluding hydrogens is 490 g/mol. The Bertz CT molecular complexity index is 1250. The van der Waals surface area contributed by atoms with Crippen LogP contribution in [-0.4, -0.2) is 50.1 Å².